The minimum Gasteiger partial charge on any atom is -0.493 e. The highest BCUT2D eigenvalue weighted by Crippen LogP contribution is 2.41. The van der Waals surface area contributed by atoms with E-state index in [1.54, 1.807) is 0 Å². The molecule has 2 aromatic rings. The molecule has 0 amide bonds. The summed E-state index contributed by atoms with van der Waals surface area (Å²) < 4.78 is 18.1. The summed E-state index contributed by atoms with van der Waals surface area (Å²) in [5.74, 6) is 2.65. The number of benzene rings is 2. The topological polar surface area (TPSA) is 31.0 Å². The summed E-state index contributed by atoms with van der Waals surface area (Å²) in [5, 5.41) is 0. The Kier molecular flexibility index (Phi) is 8.76. The molecule has 1 aliphatic heterocycles. The molecule has 1 atom stereocenters. The van der Waals surface area contributed by atoms with Crippen LogP contribution in [0.3, 0.4) is 0 Å². The van der Waals surface area contributed by atoms with Gasteiger partial charge in [0, 0.05) is 5.41 Å². The maximum absolute atomic E-state index is 6.40. The molecule has 0 bridgehead atoms. The van der Waals surface area contributed by atoms with E-state index >= 15 is 0 Å². The zero-order valence-corrected chi connectivity index (χ0v) is 22.7. The number of epoxide rings is 1. The minimum atomic E-state index is -0.245. The molecule has 1 saturated carbocycles. The van der Waals surface area contributed by atoms with Gasteiger partial charge in [-0.15, -0.1) is 26.3 Å². The molecule has 2 aromatic carbocycles. The SMILES string of the molecule is C=CCc1cc(C(C)(C)c2cc(CC=C)c(OCC3CO3)c(CC=C)c2)cc(CC=C)c1OCC1CC1. The Morgan fingerprint density at radius 3 is 1.43 bits per heavy atom. The average Bonchev–Trinajstić information content (AvgIpc) is 3.79. The number of allylic oxidation sites excluding steroid dienone is 4. The van der Waals surface area contributed by atoms with Gasteiger partial charge in [-0.1, -0.05) is 62.4 Å². The van der Waals surface area contributed by atoms with Crippen LogP contribution in [-0.4, -0.2) is 25.9 Å². The van der Waals surface area contributed by atoms with E-state index in [-0.39, 0.29) is 11.5 Å². The third-order valence-electron chi connectivity index (χ3n) is 7.36. The molecule has 1 heterocycles. The third kappa shape index (κ3) is 6.64. The van der Waals surface area contributed by atoms with Crippen LogP contribution in [0.1, 0.15) is 60.1 Å². The number of rotatable bonds is 16. The van der Waals surface area contributed by atoms with Gasteiger partial charge in [0.15, 0.2) is 0 Å². The van der Waals surface area contributed by atoms with Crippen LogP contribution in [-0.2, 0) is 35.8 Å². The molecule has 0 aromatic heterocycles. The first-order valence-electron chi connectivity index (χ1n) is 13.5. The predicted molar refractivity (Wildman–Crippen MR) is 154 cm³/mol. The summed E-state index contributed by atoms with van der Waals surface area (Å²) in [4.78, 5) is 0. The van der Waals surface area contributed by atoms with E-state index in [0.717, 1.165) is 61.5 Å². The number of hydrogen-bond donors (Lipinski definition) is 0. The van der Waals surface area contributed by atoms with Gasteiger partial charge >= 0.3 is 0 Å². The van der Waals surface area contributed by atoms with Gasteiger partial charge in [-0.2, -0.15) is 0 Å². The lowest BCUT2D eigenvalue weighted by Gasteiger charge is -2.30. The quantitative estimate of drug-likeness (QED) is 0.177. The summed E-state index contributed by atoms with van der Waals surface area (Å²) in [7, 11) is 0. The van der Waals surface area contributed by atoms with Gasteiger partial charge in [-0.25, -0.2) is 0 Å². The predicted octanol–water partition coefficient (Wildman–Crippen LogP) is 7.49. The van der Waals surface area contributed by atoms with Crippen molar-refractivity contribution in [3.8, 4) is 11.5 Å². The normalized spacial score (nSPS) is 16.6. The largest absolute Gasteiger partial charge is 0.493 e. The Morgan fingerprint density at radius 1 is 0.730 bits per heavy atom. The standard InChI is InChI=1S/C34H42O3/c1-7-11-25-17-29(18-26(12-8-2)32(25)36-21-24-15-16-24)34(5,6)30-19-27(13-9-3)33(28(20-30)14-10-4)37-23-31-22-35-31/h7-10,17-20,24,31H,1-4,11-16,21-23H2,5-6H3. The van der Waals surface area contributed by atoms with Crippen molar-refractivity contribution < 1.29 is 14.2 Å². The van der Waals surface area contributed by atoms with Crippen molar-refractivity contribution in [1.29, 1.82) is 0 Å². The molecule has 4 rings (SSSR count). The summed E-state index contributed by atoms with van der Waals surface area (Å²) in [6.07, 6.45) is 13.6. The lowest BCUT2D eigenvalue weighted by Crippen LogP contribution is -2.21. The van der Waals surface area contributed by atoms with E-state index in [1.165, 1.54) is 35.1 Å². The molecule has 1 saturated heterocycles. The van der Waals surface area contributed by atoms with Crippen LogP contribution in [0.2, 0.25) is 0 Å². The summed E-state index contributed by atoms with van der Waals surface area (Å²) in [6, 6.07) is 9.20. The molecule has 37 heavy (non-hydrogen) atoms. The summed E-state index contributed by atoms with van der Waals surface area (Å²) in [6.45, 7) is 22.8. The first-order valence-corrected chi connectivity index (χ1v) is 13.5. The summed E-state index contributed by atoms with van der Waals surface area (Å²) in [5.41, 5.74) is 6.96. The Bertz CT molecular complexity index is 996. The lowest BCUT2D eigenvalue weighted by molar-refractivity contribution is 0.259. The van der Waals surface area contributed by atoms with Crippen molar-refractivity contribution in [1.82, 2.24) is 0 Å². The smallest absolute Gasteiger partial charge is 0.126 e. The van der Waals surface area contributed by atoms with Gasteiger partial charge in [-0.3, -0.25) is 0 Å². The van der Waals surface area contributed by atoms with Crippen LogP contribution >= 0.6 is 0 Å². The first kappa shape index (κ1) is 27.0. The van der Waals surface area contributed by atoms with Gasteiger partial charge in [0.2, 0.25) is 0 Å². The highest BCUT2D eigenvalue weighted by molar-refractivity contribution is 5.54. The second kappa shape index (κ2) is 12.0. The highest BCUT2D eigenvalue weighted by Gasteiger charge is 2.30. The monoisotopic (exact) mass is 498 g/mol. The van der Waals surface area contributed by atoms with E-state index in [0.29, 0.717) is 12.5 Å². The van der Waals surface area contributed by atoms with E-state index in [1.807, 2.05) is 24.3 Å². The van der Waals surface area contributed by atoms with Crippen LogP contribution in [0.5, 0.6) is 11.5 Å². The fourth-order valence-electron chi connectivity index (χ4n) is 4.82. The maximum Gasteiger partial charge on any atom is 0.126 e. The van der Waals surface area contributed by atoms with Crippen molar-refractivity contribution in [2.75, 3.05) is 19.8 Å². The molecule has 1 unspecified atom stereocenters. The fourth-order valence-corrected chi connectivity index (χ4v) is 4.82. The molecule has 0 spiro atoms. The second-order valence-corrected chi connectivity index (χ2v) is 10.9. The molecule has 2 aliphatic rings. The highest BCUT2D eigenvalue weighted by atomic mass is 16.6. The molecule has 3 nitrogen and oxygen atoms in total. The van der Waals surface area contributed by atoms with Crippen molar-refractivity contribution in [2.45, 2.75) is 63.9 Å². The maximum atomic E-state index is 6.40. The molecule has 1 aliphatic carbocycles. The van der Waals surface area contributed by atoms with Crippen molar-refractivity contribution in [3.05, 3.63) is 108 Å². The molecule has 196 valence electrons. The number of hydrogen-bond acceptors (Lipinski definition) is 3. The van der Waals surface area contributed by atoms with E-state index in [4.69, 9.17) is 14.2 Å². The van der Waals surface area contributed by atoms with Crippen molar-refractivity contribution in [3.63, 3.8) is 0 Å². The van der Waals surface area contributed by atoms with E-state index in [2.05, 4.69) is 64.4 Å². The van der Waals surface area contributed by atoms with Crippen LogP contribution in [0.25, 0.3) is 0 Å². The Hall–Kier alpha value is -3.04. The van der Waals surface area contributed by atoms with Crippen LogP contribution < -0.4 is 9.47 Å². The van der Waals surface area contributed by atoms with Gasteiger partial charge < -0.3 is 14.2 Å². The lowest BCUT2D eigenvalue weighted by atomic mass is 9.75. The van der Waals surface area contributed by atoms with Gasteiger partial charge in [0.05, 0.1) is 13.2 Å². The first-order chi connectivity index (χ1) is 17.9. The summed E-state index contributed by atoms with van der Waals surface area (Å²) >= 11 is 0. The van der Waals surface area contributed by atoms with Gasteiger partial charge in [0.25, 0.3) is 0 Å². The second-order valence-electron chi connectivity index (χ2n) is 10.9. The molecule has 0 radical (unpaired) electrons. The average molecular weight is 499 g/mol. The zero-order chi connectivity index (χ0) is 26.4. The molecular formula is C34H42O3. The van der Waals surface area contributed by atoms with Crippen LogP contribution in [0.15, 0.2) is 74.9 Å². The van der Waals surface area contributed by atoms with Gasteiger partial charge in [0.1, 0.15) is 24.2 Å². The fraction of sp³-hybridized carbons (Fsp3) is 0.412. The Morgan fingerprint density at radius 2 is 1.11 bits per heavy atom. The number of ether oxygens (including phenoxy) is 3. The Labute approximate surface area is 223 Å². The molecular weight excluding hydrogens is 456 g/mol. The Balaban J connectivity index is 1.77. The molecule has 3 heteroatoms. The van der Waals surface area contributed by atoms with Crippen LogP contribution in [0.4, 0.5) is 0 Å². The molecule has 2 fully saturated rings. The molecule has 0 N–H and O–H groups in total. The third-order valence-corrected chi connectivity index (χ3v) is 7.36. The van der Waals surface area contributed by atoms with E-state index in [9.17, 15) is 0 Å². The minimum absolute atomic E-state index is 0.205. The van der Waals surface area contributed by atoms with Gasteiger partial charge in [-0.05, 0) is 77.8 Å². The van der Waals surface area contributed by atoms with E-state index < -0.39 is 0 Å². The van der Waals surface area contributed by atoms with Crippen molar-refractivity contribution in [2.24, 2.45) is 5.92 Å². The zero-order valence-electron chi connectivity index (χ0n) is 22.7. The van der Waals surface area contributed by atoms with Crippen molar-refractivity contribution >= 4 is 0 Å². The van der Waals surface area contributed by atoms with Crippen LogP contribution in [0, 0.1) is 5.92 Å².